The van der Waals surface area contributed by atoms with Crippen LogP contribution in [0.25, 0.3) is 0 Å². The molecule has 1 aromatic heterocycles. The Morgan fingerprint density at radius 2 is 2.17 bits per heavy atom. The zero-order valence-corrected chi connectivity index (χ0v) is 16.3. The van der Waals surface area contributed by atoms with Crippen molar-refractivity contribution >= 4 is 23.7 Å². The summed E-state index contributed by atoms with van der Waals surface area (Å²) in [5.41, 5.74) is -0.115. The van der Waals surface area contributed by atoms with E-state index in [9.17, 15) is 18.0 Å². The van der Waals surface area contributed by atoms with Gasteiger partial charge in [-0.2, -0.15) is 0 Å². The predicted octanol–water partition coefficient (Wildman–Crippen LogP) is 4.97. The van der Waals surface area contributed by atoms with E-state index in [0.29, 0.717) is 38.0 Å². The predicted molar refractivity (Wildman–Crippen MR) is 106 cm³/mol. The number of halogens is 3. The molecule has 0 saturated heterocycles. The van der Waals surface area contributed by atoms with Crippen LogP contribution in [0, 0.1) is 34.9 Å². The fourth-order valence-electron chi connectivity index (χ4n) is 4.52. The minimum absolute atomic E-state index is 0.0540. The van der Waals surface area contributed by atoms with Gasteiger partial charge in [0.25, 0.3) is 6.43 Å². The summed E-state index contributed by atoms with van der Waals surface area (Å²) in [6.07, 6.45) is 4.15. The maximum Gasteiger partial charge on any atom is 0.276 e. The molecule has 3 rings (SSSR count). The first-order chi connectivity index (χ1) is 13.9. The molecule has 1 fully saturated rings. The number of alkyl halides is 2. The van der Waals surface area contributed by atoms with E-state index in [4.69, 9.17) is 5.41 Å². The third kappa shape index (κ3) is 4.97. The number of carbonyl (C=O) groups is 1. The van der Waals surface area contributed by atoms with E-state index in [1.807, 2.05) is 0 Å². The highest BCUT2D eigenvalue weighted by atomic mass is 19.3. The standard InChI is InChI=1S/C21H25F3N4O/c1-12-2-3-14(20(29)16-6-7-26-10-17(16)22)9-15(12)8-13-4-5-18(27-11-25)28-19(13)21(23)24/h6-7,10-15,21,25H,2-5,8-9H2,1H3/t12?,13?,14?,15-/m1/s1. The van der Waals surface area contributed by atoms with Gasteiger partial charge < -0.3 is 0 Å². The van der Waals surface area contributed by atoms with Gasteiger partial charge >= 0.3 is 0 Å². The van der Waals surface area contributed by atoms with Crippen molar-refractivity contribution in [3.05, 3.63) is 29.8 Å². The molecular weight excluding hydrogens is 381 g/mol. The number of aromatic nitrogens is 1. The molecule has 1 saturated carbocycles. The second kappa shape index (κ2) is 9.41. The number of Topliss-reactive ketones (excluding diaryl/α,β-unsaturated/α-hetero) is 1. The van der Waals surface area contributed by atoms with Crippen molar-refractivity contribution in [3.8, 4) is 0 Å². The van der Waals surface area contributed by atoms with Crippen LogP contribution < -0.4 is 0 Å². The summed E-state index contributed by atoms with van der Waals surface area (Å²) in [4.78, 5) is 24.2. The molecule has 29 heavy (non-hydrogen) atoms. The third-order valence-corrected chi connectivity index (χ3v) is 6.19. The Hall–Kier alpha value is -2.38. The SMILES string of the molecule is CC1CCC(C(=O)c2ccncc2F)C[C@H]1CC1CCC(=NC=N)N=C1C(F)F. The van der Waals surface area contributed by atoms with Gasteiger partial charge in [-0.25, -0.2) is 23.2 Å². The topological polar surface area (TPSA) is 78.5 Å². The number of rotatable bonds is 6. The molecule has 0 radical (unpaired) electrons. The van der Waals surface area contributed by atoms with Gasteiger partial charge in [-0.05, 0) is 50.0 Å². The van der Waals surface area contributed by atoms with Crippen molar-refractivity contribution < 1.29 is 18.0 Å². The van der Waals surface area contributed by atoms with E-state index in [0.717, 1.165) is 19.0 Å². The zero-order chi connectivity index (χ0) is 21.0. The van der Waals surface area contributed by atoms with E-state index in [2.05, 4.69) is 21.9 Å². The lowest BCUT2D eigenvalue weighted by atomic mass is 9.68. The lowest BCUT2D eigenvalue weighted by molar-refractivity contribution is 0.0805. The molecule has 8 heteroatoms. The van der Waals surface area contributed by atoms with Crippen molar-refractivity contribution in [2.45, 2.75) is 51.9 Å². The molecule has 1 aliphatic carbocycles. The number of hydrogen-bond acceptors (Lipinski definition) is 3. The molecule has 2 heterocycles. The number of hydrogen-bond donors (Lipinski definition) is 1. The number of pyridine rings is 1. The van der Waals surface area contributed by atoms with Gasteiger partial charge in [0, 0.05) is 24.5 Å². The monoisotopic (exact) mass is 406 g/mol. The van der Waals surface area contributed by atoms with E-state index >= 15 is 0 Å². The van der Waals surface area contributed by atoms with Crippen molar-refractivity contribution in [2.75, 3.05) is 0 Å². The first-order valence-electron chi connectivity index (χ1n) is 9.96. The maximum atomic E-state index is 14.0. The molecule has 5 nitrogen and oxygen atoms in total. The third-order valence-electron chi connectivity index (χ3n) is 6.19. The molecule has 2 aliphatic rings. The normalized spacial score (nSPS) is 29.0. The average Bonchev–Trinajstić information content (AvgIpc) is 2.70. The van der Waals surface area contributed by atoms with Crippen LogP contribution in [0.15, 0.2) is 28.4 Å². The fourth-order valence-corrected chi connectivity index (χ4v) is 4.52. The molecular formula is C21H25F3N4O. The van der Waals surface area contributed by atoms with Crippen LogP contribution in [0.5, 0.6) is 0 Å². The van der Waals surface area contributed by atoms with Crippen molar-refractivity contribution in [1.82, 2.24) is 4.98 Å². The van der Waals surface area contributed by atoms with Crippen LogP contribution in [0.1, 0.15) is 55.8 Å². The van der Waals surface area contributed by atoms with E-state index in [1.165, 1.54) is 12.3 Å². The van der Waals surface area contributed by atoms with Gasteiger partial charge in [-0.1, -0.05) is 6.92 Å². The number of amidine groups is 1. The number of ketones is 1. The Labute approximate surface area is 168 Å². The molecule has 0 bridgehead atoms. The summed E-state index contributed by atoms with van der Waals surface area (Å²) in [5, 5.41) is 7.01. The molecule has 4 atom stereocenters. The summed E-state index contributed by atoms with van der Waals surface area (Å²) in [6.45, 7) is 2.09. The lowest BCUT2D eigenvalue weighted by Gasteiger charge is -2.36. The highest BCUT2D eigenvalue weighted by Gasteiger charge is 2.37. The molecule has 156 valence electrons. The van der Waals surface area contributed by atoms with Gasteiger partial charge in [-0.15, -0.1) is 0 Å². The molecule has 3 unspecified atom stereocenters. The minimum Gasteiger partial charge on any atom is -0.294 e. The van der Waals surface area contributed by atoms with Crippen LogP contribution in [-0.2, 0) is 0 Å². The van der Waals surface area contributed by atoms with Crippen LogP contribution in [0.4, 0.5) is 13.2 Å². The van der Waals surface area contributed by atoms with Crippen molar-refractivity contribution in [2.24, 2.45) is 33.7 Å². The highest BCUT2D eigenvalue weighted by molar-refractivity contribution is 6.04. The van der Waals surface area contributed by atoms with Gasteiger partial charge in [0.05, 0.1) is 17.5 Å². The summed E-state index contributed by atoms with van der Waals surface area (Å²) >= 11 is 0. The van der Waals surface area contributed by atoms with Crippen LogP contribution in [-0.4, -0.2) is 35.1 Å². The second-order valence-electron chi connectivity index (χ2n) is 7.95. The Bertz CT molecular complexity index is 824. The number of nitrogens with one attached hydrogen (secondary N) is 1. The quantitative estimate of drug-likeness (QED) is 0.411. The zero-order valence-electron chi connectivity index (χ0n) is 16.3. The molecule has 1 N–H and O–H groups in total. The molecule has 1 aromatic rings. The van der Waals surface area contributed by atoms with Gasteiger partial charge in [0.2, 0.25) is 0 Å². The van der Waals surface area contributed by atoms with E-state index < -0.39 is 12.2 Å². The van der Waals surface area contributed by atoms with Gasteiger partial charge in [0.15, 0.2) is 11.6 Å². The summed E-state index contributed by atoms with van der Waals surface area (Å²) < 4.78 is 41.1. The highest BCUT2D eigenvalue weighted by Crippen LogP contribution is 2.40. The van der Waals surface area contributed by atoms with E-state index in [1.54, 1.807) is 0 Å². The van der Waals surface area contributed by atoms with Crippen LogP contribution in [0.3, 0.4) is 0 Å². The molecule has 0 amide bonds. The maximum absolute atomic E-state index is 14.0. The first-order valence-corrected chi connectivity index (χ1v) is 9.96. The summed E-state index contributed by atoms with van der Waals surface area (Å²) in [7, 11) is 0. The van der Waals surface area contributed by atoms with Crippen molar-refractivity contribution in [1.29, 1.82) is 5.41 Å². The number of carbonyl (C=O) groups excluding carboxylic acids is 1. The average molecular weight is 406 g/mol. The Kier molecular flexibility index (Phi) is 6.92. The summed E-state index contributed by atoms with van der Waals surface area (Å²) in [6, 6.07) is 1.40. The Morgan fingerprint density at radius 3 is 2.86 bits per heavy atom. The minimum atomic E-state index is -2.67. The van der Waals surface area contributed by atoms with Gasteiger partial charge in [-0.3, -0.25) is 15.2 Å². The molecule has 1 aliphatic heterocycles. The smallest absolute Gasteiger partial charge is 0.276 e. The van der Waals surface area contributed by atoms with Gasteiger partial charge in [0.1, 0.15) is 12.2 Å². The number of nitrogens with zero attached hydrogens (tertiary/aromatic N) is 3. The Morgan fingerprint density at radius 1 is 1.38 bits per heavy atom. The van der Waals surface area contributed by atoms with Crippen LogP contribution in [0.2, 0.25) is 0 Å². The van der Waals surface area contributed by atoms with E-state index in [-0.39, 0.29) is 40.6 Å². The summed E-state index contributed by atoms with van der Waals surface area (Å²) in [5.74, 6) is -0.852. The number of aliphatic imine (C=N–C) groups is 2. The van der Waals surface area contributed by atoms with Crippen molar-refractivity contribution in [3.63, 3.8) is 0 Å². The fraction of sp³-hybridized carbons (Fsp3) is 0.571. The second-order valence-corrected chi connectivity index (χ2v) is 7.95. The molecule has 0 spiro atoms. The molecule has 0 aromatic carbocycles. The lowest BCUT2D eigenvalue weighted by Crippen LogP contribution is -2.34. The first kappa shape index (κ1) is 21.3. The Balaban J connectivity index is 1.74. The van der Waals surface area contributed by atoms with Crippen LogP contribution >= 0.6 is 0 Å². The largest absolute Gasteiger partial charge is 0.294 e.